The maximum atomic E-state index is 5.96. The number of ether oxygens (including phenoxy) is 3. The Morgan fingerprint density at radius 3 is 2.17 bits per heavy atom. The van der Waals surface area contributed by atoms with Crippen molar-refractivity contribution in [2.75, 3.05) is 32.8 Å². The van der Waals surface area contributed by atoms with Crippen LogP contribution in [-0.4, -0.2) is 31.3 Å². The number of nitrogens with zero attached hydrogens (tertiary/aromatic N) is 2. The highest BCUT2D eigenvalue weighted by Crippen LogP contribution is 2.43. The summed E-state index contributed by atoms with van der Waals surface area (Å²) < 4.78 is 21.5. The molecule has 0 saturated heterocycles. The molecule has 8 nitrogen and oxygen atoms in total. The molecule has 23 heavy (non-hydrogen) atoms. The molecule has 0 aliphatic carbocycles. The van der Waals surface area contributed by atoms with E-state index in [4.69, 9.17) is 30.1 Å². The van der Waals surface area contributed by atoms with E-state index in [1.165, 1.54) is 6.26 Å². The number of benzene rings is 1. The summed E-state index contributed by atoms with van der Waals surface area (Å²) in [7, 11) is 4.64. The van der Waals surface area contributed by atoms with Crippen LogP contribution in [0.4, 0.5) is 11.8 Å². The van der Waals surface area contributed by atoms with Crippen LogP contribution >= 0.6 is 0 Å². The molecule has 2 heterocycles. The summed E-state index contributed by atoms with van der Waals surface area (Å²) in [6, 6.07) is 3.59. The van der Waals surface area contributed by atoms with Crippen molar-refractivity contribution in [2.45, 2.75) is 0 Å². The van der Waals surface area contributed by atoms with Crippen molar-refractivity contribution in [1.29, 1.82) is 0 Å². The van der Waals surface area contributed by atoms with Gasteiger partial charge in [-0.05, 0) is 17.7 Å². The Hall–Kier alpha value is -3.16. The van der Waals surface area contributed by atoms with E-state index >= 15 is 0 Å². The zero-order chi connectivity index (χ0) is 16.6. The van der Waals surface area contributed by atoms with Crippen LogP contribution in [0.1, 0.15) is 0 Å². The number of methoxy groups -OCH3 is 3. The largest absolute Gasteiger partial charge is 0.493 e. The van der Waals surface area contributed by atoms with Gasteiger partial charge in [0.15, 0.2) is 11.5 Å². The Bertz CT molecular complexity index is 850. The lowest BCUT2D eigenvalue weighted by molar-refractivity contribution is 0.324. The first-order chi connectivity index (χ1) is 11.1. The molecule has 0 aliphatic rings. The van der Waals surface area contributed by atoms with Crippen LogP contribution in [0.2, 0.25) is 0 Å². The van der Waals surface area contributed by atoms with Gasteiger partial charge in [0.25, 0.3) is 0 Å². The second-order valence-electron chi connectivity index (χ2n) is 4.71. The van der Waals surface area contributed by atoms with Gasteiger partial charge in [-0.15, -0.1) is 0 Å². The van der Waals surface area contributed by atoms with Crippen LogP contribution in [0.25, 0.3) is 22.2 Å². The maximum absolute atomic E-state index is 5.96. The van der Waals surface area contributed by atoms with Gasteiger partial charge in [-0.2, -0.15) is 9.97 Å². The second-order valence-corrected chi connectivity index (χ2v) is 4.71. The number of furan rings is 1. The zero-order valence-corrected chi connectivity index (χ0v) is 12.9. The zero-order valence-electron chi connectivity index (χ0n) is 12.9. The molecule has 0 amide bonds. The van der Waals surface area contributed by atoms with E-state index in [1.54, 1.807) is 33.5 Å². The minimum Gasteiger partial charge on any atom is -0.493 e. The Labute approximate surface area is 132 Å². The number of nitrogens with two attached hydrogens (primary N) is 2. The second kappa shape index (κ2) is 5.56. The molecule has 0 spiro atoms. The molecule has 2 aromatic heterocycles. The van der Waals surface area contributed by atoms with Crippen LogP contribution in [-0.2, 0) is 0 Å². The molecule has 0 bridgehead atoms. The van der Waals surface area contributed by atoms with Gasteiger partial charge in [-0.3, -0.25) is 0 Å². The van der Waals surface area contributed by atoms with Crippen LogP contribution < -0.4 is 25.7 Å². The van der Waals surface area contributed by atoms with Crippen molar-refractivity contribution in [3.63, 3.8) is 0 Å². The summed E-state index contributed by atoms with van der Waals surface area (Å²) >= 11 is 0. The molecule has 4 N–H and O–H groups in total. The summed E-state index contributed by atoms with van der Waals surface area (Å²) in [5.74, 6) is 1.84. The van der Waals surface area contributed by atoms with Gasteiger partial charge in [0.2, 0.25) is 17.4 Å². The van der Waals surface area contributed by atoms with E-state index in [0.717, 1.165) is 5.56 Å². The molecule has 3 aromatic rings. The first kappa shape index (κ1) is 14.8. The minimum absolute atomic E-state index is 0.0563. The number of hydrogen-bond acceptors (Lipinski definition) is 8. The fraction of sp³-hybridized carbons (Fsp3) is 0.200. The molecule has 8 heteroatoms. The third-order valence-electron chi connectivity index (χ3n) is 3.45. The van der Waals surface area contributed by atoms with Gasteiger partial charge in [0.05, 0.1) is 26.7 Å². The highest BCUT2D eigenvalue weighted by Gasteiger charge is 2.19. The number of hydrogen-bond donors (Lipinski definition) is 2. The first-order valence-electron chi connectivity index (χ1n) is 6.69. The minimum atomic E-state index is 0.0563. The Morgan fingerprint density at radius 1 is 0.957 bits per heavy atom. The molecule has 0 atom stereocenters. The molecule has 3 rings (SSSR count). The normalized spacial score (nSPS) is 10.7. The van der Waals surface area contributed by atoms with E-state index in [-0.39, 0.29) is 11.8 Å². The Kier molecular flexibility index (Phi) is 3.57. The molecular formula is C15H16N4O4. The summed E-state index contributed by atoms with van der Waals surface area (Å²) in [6.45, 7) is 0. The molecule has 120 valence electrons. The predicted octanol–water partition coefficient (Wildman–Crippen LogP) is 2.08. The highest BCUT2D eigenvalue weighted by atomic mass is 16.5. The number of aromatic nitrogens is 2. The summed E-state index contributed by atoms with van der Waals surface area (Å²) in [6.07, 6.45) is 1.54. The van der Waals surface area contributed by atoms with Gasteiger partial charge < -0.3 is 30.1 Å². The standard InChI is InChI=1S/C15H16N4O4/c1-20-9-4-7(5-10(21-2)12(9)22-3)8-6-23-14-11(8)13(16)18-15(17)19-14/h4-6H,1-3H3,(H4,16,17,18,19). The number of nitrogen functional groups attached to an aromatic ring is 2. The SMILES string of the molecule is COc1cc(-c2coc3nc(N)nc(N)c23)cc(OC)c1OC. The van der Waals surface area contributed by atoms with Crippen molar-refractivity contribution in [1.82, 2.24) is 9.97 Å². The first-order valence-corrected chi connectivity index (χ1v) is 6.69. The van der Waals surface area contributed by atoms with E-state index in [9.17, 15) is 0 Å². The fourth-order valence-corrected chi connectivity index (χ4v) is 2.43. The number of rotatable bonds is 4. The molecule has 0 radical (unpaired) electrons. The molecule has 0 aliphatic heterocycles. The van der Waals surface area contributed by atoms with Crippen LogP contribution in [0.3, 0.4) is 0 Å². The lowest BCUT2D eigenvalue weighted by atomic mass is 10.0. The highest BCUT2D eigenvalue weighted by molar-refractivity contribution is 6.00. The number of anilines is 2. The molecular weight excluding hydrogens is 300 g/mol. The molecule has 1 aromatic carbocycles. The molecule has 0 saturated carbocycles. The Morgan fingerprint density at radius 2 is 1.61 bits per heavy atom. The van der Waals surface area contributed by atoms with E-state index in [2.05, 4.69) is 9.97 Å². The van der Waals surface area contributed by atoms with E-state index < -0.39 is 0 Å². The summed E-state index contributed by atoms with van der Waals surface area (Å²) in [5.41, 5.74) is 13.3. The average molecular weight is 316 g/mol. The summed E-state index contributed by atoms with van der Waals surface area (Å²) in [4.78, 5) is 8.01. The van der Waals surface area contributed by atoms with Gasteiger partial charge in [-0.25, -0.2) is 0 Å². The lowest BCUT2D eigenvalue weighted by Crippen LogP contribution is -2.00. The Balaban J connectivity index is 2.27. The van der Waals surface area contributed by atoms with Gasteiger partial charge >= 0.3 is 0 Å². The predicted molar refractivity (Wildman–Crippen MR) is 85.7 cm³/mol. The third-order valence-corrected chi connectivity index (χ3v) is 3.45. The van der Waals surface area contributed by atoms with Gasteiger partial charge in [-0.1, -0.05) is 0 Å². The van der Waals surface area contributed by atoms with Crippen LogP contribution in [0, 0.1) is 0 Å². The average Bonchev–Trinajstić information content (AvgIpc) is 2.97. The van der Waals surface area contributed by atoms with Crippen molar-refractivity contribution in [3.05, 3.63) is 18.4 Å². The van der Waals surface area contributed by atoms with E-state index in [0.29, 0.717) is 33.9 Å². The van der Waals surface area contributed by atoms with E-state index in [1.807, 2.05) is 0 Å². The van der Waals surface area contributed by atoms with Crippen molar-refractivity contribution in [3.8, 4) is 28.4 Å². The molecule has 0 fully saturated rings. The lowest BCUT2D eigenvalue weighted by Gasteiger charge is -2.13. The molecule has 0 unspecified atom stereocenters. The van der Waals surface area contributed by atoms with Gasteiger partial charge in [0, 0.05) is 5.56 Å². The van der Waals surface area contributed by atoms with Gasteiger partial charge in [0.1, 0.15) is 12.1 Å². The topological polar surface area (TPSA) is 119 Å². The van der Waals surface area contributed by atoms with Crippen molar-refractivity contribution < 1.29 is 18.6 Å². The fourth-order valence-electron chi connectivity index (χ4n) is 2.43. The van der Waals surface area contributed by atoms with Crippen LogP contribution in [0.5, 0.6) is 17.2 Å². The third kappa shape index (κ3) is 2.33. The summed E-state index contributed by atoms with van der Waals surface area (Å²) in [5, 5.41) is 0.577. The van der Waals surface area contributed by atoms with Crippen molar-refractivity contribution >= 4 is 22.9 Å². The monoisotopic (exact) mass is 316 g/mol. The quantitative estimate of drug-likeness (QED) is 0.751. The van der Waals surface area contributed by atoms with Crippen LogP contribution in [0.15, 0.2) is 22.8 Å². The number of fused-ring (bicyclic) bond motifs is 1. The smallest absolute Gasteiger partial charge is 0.233 e. The maximum Gasteiger partial charge on any atom is 0.233 e. The van der Waals surface area contributed by atoms with Crippen molar-refractivity contribution in [2.24, 2.45) is 0 Å².